The molecule has 0 spiro atoms. The quantitative estimate of drug-likeness (QED) is 0.926. The number of anilines is 1. The molecule has 10 heteroatoms. The predicted octanol–water partition coefficient (Wildman–Crippen LogP) is 2.98. The van der Waals surface area contributed by atoms with Gasteiger partial charge >= 0.3 is 6.03 Å². The van der Waals surface area contributed by atoms with Gasteiger partial charge in [0.25, 0.3) is 6.43 Å². The molecule has 1 atom stereocenters. The number of carbonyl (C=O) groups is 1. The summed E-state index contributed by atoms with van der Waals surface area (Å²) in [4.78, 5) is 13.9. The largest absolute Gasteiger partial charge is 0.464 e. The van der Waals surface area contributed by atoms with Crippen molar-refractivity contribution in [3.05, 3.63) is 28.7 Å². The van der Waals surface area contributed by atoms with E-state index in [9.17, 15) is 13.6 Å². The Bertz CT molecular complexity index is 690. The fraction of sp³-hybridized carbons (Fsp3) is 0.462. The molecule has 3 rings (SSSR count). The Kier molecular flexibility index (Phi) is 4.53. The smallest absolute Gasteiger partial charge is 0.324 e. The molecule has 124 valence electrons. The molecule has 0 radical (unpaired) electrons. The molecule has 1 aliphatic heterocycles. The molecule has 1 saturated heterocycles. The highest BCUT2D eigenvalue weighted by molar-refractivity contribution is 7.15. The van der Waals surface area contributed by atoms with Crippen molar-refractivity contribution in [2.45, 2.75) is 19.4 Å². The summed E-state index contributed by atoms with van der Waals surface area (Å²) in [7, 11) is 0. The monoisotopic (exact) mass is 344 g/mol. The normalized spacial score (nSPS) is 18.4. The first-order valence-electron chi connectivity index (χ1n) is 6.88. The SMILES string of the molecule is Cc1ccc([C@@H]2COCCN2C(=O)Nc2nnc(C(F)F)s2)o1. The number of carbonyl (C=O) groups excluding carboxylic acids is 1. The average Bonchev–Trinajstić information content (AvgIpc) is 3.16. The van der Waals surface area contributed by atoms with Crippen LogP contribution in [0.5, 0.6) is 0 Å². The third-order valence-corrected chi connectivity index (χ3v) is 4.17. The van der Waals surface area contributed by atoms with Crippen LogP contribution in [-0.2, 0) is 4.74 Å². The number of aryl methyl sites for hydroxylation is 1. The molecule has 2 aromatic rings. The van der Waals surface area contributed by atoms with Gasteiger partial charge in [0.15, 0.2) is 5.01 Å². The standard InChI is InChI=1S/C13H14F2N4O3S/c1-7-2-3-9(22-7)8-6-21-5-4-19(8)13(20)16-12-18-17-11(23-12)10(14)15/h2-3,8,10H,4-6H2,1H3,(H,16,18,20)/t8-/m0/s1. The van der Waals surface area contributed by atoms with Crippen molar-refractivity contribution >= 4 is 22.5 Å². The van der Waals surface area contributed by atoms with E-state index >= 15 is 0 Å². The van der Waals surface area contributed by atoms with E-state index < -0.39 is 17.5 Å². The first-order valence-corrected chi connectivity index (χ1v) is 7.69. The van der Waals surface area contributed by atoms with Crippen LogP contribution in [0.4, 0.5) is 18.7 Å². The van der Waals surface area contributed by atoms with Crippen LogP contribution in [0.2, 0.25) is 0 Å². The molecule has 0 bridgehead atoms. The van der Waals surface area contributed by atoms with Crippen LogP contribution in [-0.4, -0.2) is 40.9 Å². The first-order chi connectivity index (χ1) is 11.0. The van der Waals surface area contributed by atoms with Gasteiger partial charge in [0, 0.05) is 6.54 Å². The number of furan rings is 1. The van der Waals surface area contributed by atoms with Gasteiger partial charge in [-0.25, -0.2) is 13.6 Å². The third-order valence-electron chi connectivity index (χ3n) is 3.32. The van der Waals surface area contributed by atoms with E-state index in [1.165, 1.54) is 4.90 Å². The van der Waals surface area contributed by atoms with Gasteiger partial charge in [-0.15, -0.1) is 10.2 Å². The van der Waals surface area contributed by atoms with Gasteiger partial charge in [0.1, 0.15) is 17.6 Å². The number of hydrogen-bond acceptors (Lipinski definition) is 6. The number of hydrogen-bond donors (Lipinski definition) is 1. The molecule has 0 saturated carbocycles. The maximum Gasteiger partial charge on any atom is 0.324 e. The zero-order valence-electron chi connectivity index (χ0n) is 12.2. The molecule has 1 N–H and O–H groups in total. The van der Waals surface area contributed by atoms with Crippen molar-refractivity contribution in [2.75, 3.05) is 25.1 Å². The van der Waals surface area contributed by atoms with E-state index in [0.717, 1.165) is 5.76 Å². The minimum Gasteiger partial charge on any atom is -0.464 e. The number of urea groups is 1. The predicted molar refractivity (Wildman–Crippen MR) is 77.6 cm³/mol. The van der Waals surface area contributed by atoms with Crippen LogP contribution >= 0.6 is 11.3 Å². The van der Waals surface area contributed by atoms with Crippen LogP contribution in [0.1, 0.15) is 29.0 Å². The Labute approximate surface area is 134 Å². The maximum absolute atomic E-state index is 12.5. The van der Waals surface area contributed by atoms with Gasteiger partial charge in [0.05, 0.1) is 13.2 Å². The number of rotatable bonds is 3. The molecule has 1 aliphatic rings. The maximum atomic E-state index is 12.5. The van der Waals surface area contributed by atoms with Crippen LogP contribution in [0.15, 0.2) is 16.5 Å². The van der Waals surface area contributed by atoms with E-state index in [-0.39, 0.29) is 11.2 Å². The molecule has 0 unspecified atom stereocenters. The van der Waals surface area contributed by atoms with E-state index in [4.69, 9.17) is 9.15 Å². The Balaban J connectivity index is 1.73. The zero-order valence-corrected chi connectivity index (χ0v) is 13.0. The lowest BCUT2D eigenvalue weighted by Gasteiger charge is -2.33. The summed E-state index contributed by atoms with van der Waals surface area (Å²) >= 11 is 0.649. The average molecular weight is 344 g/mol. The fourth-order valence-electron chi connectivity index (χ4n) is 2.25. The Hall–Kier alpha value is -2.07. The van der Waals surface area contributed by atoms with Crippen molar-refractivity contribution in [1.82, 2.24) is 15.1 Å². The molecule has 23 heavy (non-hydrogen) atoms. The summed E-state index contributed by atoms with van der Waals surface area (Å²) in [5, 5.41) is 8.98. The molecule has 0 aliphatic carbocycles. The van der Waals surface area contributed by atoms with Gasteiger partial charge in [-0.2, -0.15) is 0 Å². The van der Waals surface area contributed by atoms with Gasteiger partial charge in [-0.05, 0) is 19.1 Å². The summed E-state index contributed by atoms with van der Waals surface area (Å²) in [6.07, 6.45) is -2.71. The highest BCUT2D eigenvalue weighted by Crippen LogP contribution is 2.28. The van der Waals surface area contributed by atoms with Crippen molar-refractivity contribution in [2.24, 2.45) is 0 Å². The number of ether oxygens (including phenoxy) is 1. The Morgan fingerprint density at radius 3 is 2.96 bits per heavy atom. The lowest BCUT2D eigenvalue weighted by Crippen LogP contribution is -2.45. The van der Waals surface area contributed by atoms with Crippen LogP contribution in [0.3, 0.4) is 0 Å². The number of aromatic nitrogens is 2. The van der Waals surface area contributed by atoms with Crippen LogP contribution in [0.25, 0.3) is 0 Å². The van der Waals surface area contributed by atoms with Crippen molar-refractivity contribution in [3.63, 3.8) is 0 Å². The Morgan fingerprint density at radius 2 is 2.30 bits per heavy atom. The second-order valence-electron chi connectivity index (χ2n) is 4.91. The highest BCUT2D eigenvalue weighted by atomic mass is 32.1. The molecule has 2 amide bonds. The minimum absolute atomic E-state index is 0.0335. The molecule has 7 nitrogen and oxygen atoms in total. The second-order valence-corrected chi connectivity index (χ2v) is 5.92. The number of morpholine rings is 1. The summed E-state index contributed by atoms with van der Waals surface area (Å²) in [5.41, 5.74) is 0. The van der Waals surface area contributed by atoms with E-state index in [1.54, 1.807) is 12.1 Å². The second kappa shape index (κ2) is 6.59. The molecule has 1 fully saturated rings. The molecule has 0 aromatic carbocycles. The Morgan fingerprint density at radius 1 is 1.48 bits per heavy atom. The first kappa shape index (κ1) is 15.8. The van der Waals surface area contributed by atoms with Gasteiger partial charge in [-0.3, -0.25) is 5.32 Å². The van der Waals surface area contributed by atoms with Crippen molar-refractivity contribution < 1.29 is 22.7 Å². The summed E-state index contributed by atoms with van der Waals surface area (Å²) < 4.78 is 36.0. The number of halogens is 2. The molecular formula is C13H14F2N4O3S. The fourth-order valence-corrected chi connectivity index (χ4v) is 2.84. The zero-order chi connectivity index (χ0) is 16.4. The molecule has 2 aromatic heterocycles. The van der Waals surface area contributed by atoms with Crippen molar-refractivity contribution in [1.29, 1.82) is 0 Å². The highest BCUT2D eigenvalue weighted by Gasteiger charge is 2.31. The molecule has 3 heterocycles. The number of amides is 2. The summed E-state index contributed by atoms with van der Waals surface area (Å²) in [6, 6.07) is 2.76. The van der Waals surface area contributed by atoms with E-state index in [1.807, 2.05) is 6.92 Å². The van der Waals surface area contributed by atoms with Gasteiger partial charge in [0.2, 0.25) is 5.13 Å². The number of nitrogens with one attached hydrogen (secondary N) is 1. The summed E-state index contributed by atoms with van der Waals surface area (Å²) in [5.74, 6) is 1.35. The number of alkyl halides is 2. The van der Waals surface area contributed by atoms with E-state index in [2.05, 4.69) is 15.5 Å². The number of nitrogens with zero attached hydrogens (tertiary/aromatic N) is 3. The van der Waals surface area contributed by atoms with Crippen LogP contribution in [0, 0.1) is 6.92 Å². The van der Waals surface area contributed by atoms with Crippen molar-refractivity contribution in [3.8, 4) is 0 Å². The lowest BCUT2D eigenvalue weighted by atomic mass is 10.2. The molecular weight excluding hydrogens is 330 g/mol. The topological polar surface area (TPSA) is 80.5 Å². The van der Waals surface area contributed by atoms with Crippen LogP contribution < -0.4 is 5.32 Å². The summed E-state index contributed by atoms with van der Waals surface area (Å²) in [6.45, 7) is 2.86. The van der Waals surface area contributed by atoms with Gasteiger partial charge < -0.3 is 14.1 Å². The van der Waals surface area contributed by atoms with E-state index in [0.29, 0.717) is 36.9 Å². The lowest BCUT2D eigenvalue weighted by molar-refractivity contribution is 0.00710. The third kappa shape index (κ3) is 3.48. The minimum atomic E-state index is -2.71. The van der Waals surface area contributed by atoms with Gasteiger partial charge in [-0.1, -0.05) is 11.3 Å².